The summed E-state index contributed by atoms with van der Waals surface area (Å²) in [6.45, 7) is 4.03. The molecule has 0 atom stereocenters. The quantitative estimate of drug-likeness (QED) is 0.882. The van der Waals surface area contributed by atoms with Gasteiger partial charge in [0.05, 0.1) is 12.3 Å². The molecule has 0 saturated carbocycles. The molecule has 0 aliphatic carbocycles. The Morgan fingerprint density at radius 1 is 1.12 bits per heavy atom. The summed E-state index contributed by atoms with van der Waals surface area (Å²) in [5.74, 6) is -0.0278. The van der Waals surface area contributed by atoms with Gasteiger partial charge in [-0.15, -0.1) is 12.4 Å². The van der Waals surface area contributed by atoms with Gasteiger partial charge in [0, 0.05) is 39.3 Å². The first kappa shape index (κ1) is 18.7. The van der Waals surface area contributed by atoms with Gasteiger partial charge in [-0.3, -0.25) is 9.59 Å². The van der Waals surface area contributed by atoms with Crippen LogP contribution in [0.4, 0.5) is 4.39 Å². The van der Waals surface area contributed by atoms with Crippen molar-refractivity contribution in [2.45, 2.75) is 12.8 Å². The van der Waals surface area contributed by atoms with Crippen molar-refractivity contribution in [1.29, 1.82) is 0 Å². The van der Waals surface area contributed by atoms with Crippen LogP contribution in [0.25, 0.3) is 0 Å². The maximum atomic E-state index is 13.2. The molecule has 2 saturated heterocycles. The number of halogens is 2. The Bertz CT molecular complexity index is 595. The summed E-state index contributed by atoms with van der Waals surface area (Å²) in [4.78, 5) is 28.3. The van der Waals surface area contributed by atoms with Gasteiger partial charge in [-0.1, -0.05) is 12.1 Å². The molecule has 2 aliphatic heterocycles. The summed E-state index contributed by atoms with van der Waals surface area (Å²) in [7, 11) is 0. The minimum absolute atomic E-state index is 0. The lowest BCUT2D eigenvalue weighted by Gasteiger charge is -2.31. The second-order valence-corrected chi connectivity index (χ2v) is 6.22. The Labute approximate surface area is 147 Å². The molecule has 2 heterocycles. The third kappa shape index (κ3) is 4.45. The summed E-state index contributed by atoms with van der Waals surface area (Å²) in [6.07, 6.45) is 0.999. The van der Waals surface area contributed by atoms with Crippen LogP contribution in [-0.2, 0) is 16.0 Å². The first-order valence-electron chi connectivity index (χ1n) is 8.15. The first-order valence-corrected chi connectivity index (χ1v) is 8.15. The molecule has 2 aliphatic rings. The van der Waals surface area contributed by atoms with Gasteiger partial charge in [0.25, 0.3) is 0 Å². The highest BCUT2D eigenvalue weighted by atomic mass is 35.5. The highest BCUT2D eigenvalue weighted by Gasteiger charge is 2.30. The van der Waals surface area contributed by atoms with Gasteiger partial charge < -0.3 is 15.1 Å². The predicted molar refractivity (Wildman–Crippen MR) is 91.5 cm³/mol. The zero-order valence-electron chi connectivity index (χ0n) is 13.5. The van der Waals surface area contributed by atoms with Crippen LogP contribution in [0.15, 0.2) is 24.3 Å². The Balaban J connectivity index is 0.00000208. The lowest BCUT2D eigenvalue weighted by molar-refractivity contribution is -0.137. The van der Waals surface area contributed by atoms with E-state index in [1.807, 2.05) is 4.90 Å². The van der Waals surface area contributed by atoms with E-state index in [9.17, 15) is 14.0 Å². The average molecular weight is 356 g/mol. The second kappa shape index (κ2) is 8.44. The number of rotatable bonds is 3. The van der Waals surface area contributed by atoms with E-state index in [1.54, 1.807) is 17.0 Å². The molecule has 1 aromatic rings. The van der Waals surface area contributed by atoms with Gasteiger partial charge in [0.2, 0.25) is 11.8 Å². The van der Waals surface area contributed by atoms with Gasteiger partial charge in [-0.25, -0.2) is 4.39 Å². The van der Waals surface area contributed by atoms with Crippen LogP contribution < -0.4 is 5.32 Å². The van der Waals surface area contributed by atoms with Crippen LogP contribution in [0.5, 0.6) is 0 Å². The predicted octanol–water partition coefficient (Wildman–Crippen LogP) is 1.07. The van der Waals surface area contributed by atoms with Crippen LogP contribution in [0.1, 0.15) is 12.0 Å². The third-order valence-electron chi connectivity index (χ3n) is 4.54. The summed E-state index contributed by atoms with van der Waals surface area (Å²) in [5, 5.41) is 3.11. The molecule has 2 fully saturated rings. The van der Waals surface area contributed by atoms with Crippen molar-refractivity contribution in [3.8, 4) is 0 Å². The third-order valence-corrected chi connectivity index (χ3v) is 4.54. The van der Waals surface area contributed by atoms with Crippen LogP contribution in [-0.4, -0.2) is 60.9 Å². The largest absolute Gasteiger partial charge is 0.341 e. The Kier molecular flexibility index (Phi) is 6.57. The van der Waals surface area contributed by atoms with Crippen molar-refractivity contribution < 1.29 is 14.0 Å². The van der Waals surface area contributed by atoms with E-state index in [0.717, 1.165) is 19.5 Å². The number of amides is 2. The maximum Gasteiger partial charge on any atom is 0.228 e. The molecule has 0 unspecified atom stereocenters. The lowest BCUT2D eigenvalue weighted by atomic mass is 10.0. The number of benzene rings is 1. The molecular formula is C17H23ClFN3O2. The summed E-state index contributed by atoms with van der Waals surface area (Å²) >= 11 is 0. The number of hydrogen-bond donors (Lipinski definition) is 1. The Morgan fingerprint density at radius 2 is 1.83 bits per heavy atom. The highest BCUT2D eigenvalue weighted by Crippen LogP contribution is 2.13. The monoisotopic (exact) mass is 355 g/mol. The van der Waals surface area contributed by atoms with Crippen LogP contribution in [0, 0.1) is 11.7 Å². The van der Waals surface area contributed by atoms with Gasteiger partial charge in [0.1, 0.15) is 5.82 Å². The smallest absolute Gasteiger partial charge is 0.228 e. The summed E-state index contributed by atoms with van der Waals surface area (Å²) in [6, 6.07) is 6.15. The fourth-order valence-corrected chi connectivity index (χ4v) is 3.04. The SMILES string of the molecule is Cl.O=C(Cc1cccc(F)c1)N1CCCN(C(=O)C2CNC2)CC1. The first-order chi connectivity index (χ1) is 11.1. The van der Waals surface area contributed by atoms with Gasteiger partial charge in [-0.2, -0.15) is 0 Å². The van der Waals surface area contributed by atoms with E-state index in [4.69, 9.17) is 0 Å². The van der Waals surface area contributed by atoms with Gasteiger partial charge in [0.15, 0.2) is 0 Å². The lowest BCUT2D eigenvalue weighted by Crippen LogP contribution is -2.52. The Morgan fingerprint density at radius 3 is 2.50 bits per heavy atom. The second-order valence-electron chi connectivity index (χ2n) is 6.22. The van der Waals surface area contributed by atoms with Crippen molar-refractivity contribution in [3.63, 3.8) is 0 Å². The minimum atomic E-state index is -0.322. The van der Waals surface area contributed by atoms with Crippen molar-refractivity contribution in [3.05, 3.63) is 35.6 Å². The fraction of sp³-hybridized carbons (Fsp3) is 0.529. The number of carbonyl (C=O) groups is 2. The topological polar surface area (TPSA) is 52.7 Å². The molecule has 1 N–H and O–H groups in total. The molecule has 132 valence electrons. The highest BCUT2D eigenvalue weighted by molar-refractivity contribution is 5.85. The van der Waals surface area contributed by atoms with Crippen molar-refractivity contribution in [2.75, 3.05) is 39.3 Å². The molecule has 0 bridgehead atoms. The number of carbonyl (C=O) groups excluding carboxylic acids is 2. The number of hydrogen-bond acceptors (Lipinski definition) is 3. The van der Waals surface area contributed by atoms with Gasteiger partial charge in [-0.05, 0) is 24.1 Å². The fourth-order valence-electron chi connectivity index (χ4n) is 3.04. The van der Waals surface area contributed by atoms with E-state index < -0.39 is 0 Å². The molecule has 5 nitrogen and oxygen atoms in total. The number of nitrogens with one attached hydrogen (secondary N) is 1. The average Bonchev–Trinajstić information content (AvgIpc) is 2.71. The Hall–Kier alpha value is -1.66. The van der Waals surface area contributed by atoms with Crippen molar-refractivity contribution in [1.82, 2.24) is 15.1 Å². The minimum Gasteiger partial charge on any atom is -0.341 e. The zero-order valence-corrected chi connectivity index (χ0v) is 14.4. The molecule has 7 heteroatoms. The van der Waals surface area contributed by atoms with Crippen molar-refractivity contribution >= 4 is 24.2 Å². The molecular weight excluding hydrogens is 333 g/mol. The maximum absolute atomic E-state index is 13.2. The van der Waals surface area contributed by atoms with E-state index in [-0.39, 0.29) is 42.4 Å². The molecule has 24 heavy (non-hydrogen) atoms. The van der Waals surface area contributed by atoms with Crippen LogP contribution >= 0.6 is 12.4 Å². The molecule has 1 aromatic carbocycles. The molecule has 0 aromatic heterocycles. The van der Waals surface area contributed by atoms with E-state index in [1.165, 1.54) is 12.1 Å². The standard InChI is InChI=1S/C17H22FN3O2.ClH/c18-15-4-1-3-13(9-15)10-16(22)20-5-2-6-21(8-7-20)17(23)14-11-19-12-14;/h1,3-4,9,14,19H,2,5-8,10-12H2;1H. The molecule has 0 spiro atoms. The van der Waals surface area contributed by atoms with E-state index >= 15 is 0 Å². The molecule has 2 amide bonds. The van der Waals surface area contributed by atoms with Crippen LogP contribution in [0.2, 0.25) is 0 Å². The normalized spacial score (nSPS) is 18.4. The van der Waals surface area contributed by atoms with E-state index in [0.29, 0.717) is 31.7 Å². The summed E-state index contributed by atoms with van der Waals surface area (Å²) < 4.78 is 13.2. The van der Waals surface area contributed by atoms with Gasteiger partial charge >= 0.3 is 0 Å². The number of nitrogens with zero attached hydrogens (tertiary/aromatic N) is 2. The van der Waals surface area contributed by atoms with E-state index in [2.05, 4.69) is 5.32 Å². The van der Waals surface area contributed by atoms with Crippen molar-refractivity contribution in [2.24, 2.45) is 5.92 Å². The molecule has 0 radical (unpaired) electrons. The van der Waals surface area contributed by atoms with Crippen LogP contribution in [0.3, 0.4) is 0 Å². The zero-order chi connectivity index (χ0) is 16.2. The molecule has 3 rings (SSSR count). The summed E-state index contributed by atoms with van der Waals surface area (Å²) in [5.41, 5.74) is 0.688.